The van der Waals surface area contributed by atoms with Crippen molar-refractivity contribution in [3.05, 3.63) is 18.1 Å². The predicted molar refractivity (Wildman–Crippen MR) is 71.9 cm³/mol. The summed E-state index contributed by atoms with van der Waals surface area (Å²) >= 11 is 0. The lowest BCUT2D eigenvalue weighted by Crippen LogP contribution is -2.21. The normalized spacial score (nSPS) is 23.8. The van der Waals surface area contributed by atoms with E-state index in [1.807, 2.05) is 6.20 Å². The fraction of sp³-hybridized carbons (Fsp3) is 0.385. The fourth-order valence-electron chi connectivity index (χ4n) is 2.53. The SMILES string of the molecule is C#C[C@H]1CN(Cc2c[nH]c3c(N)ncnc23)CC1O. The number of hydrogen-bond acceptors (Lipinski definition) is 5. The molecule has 6 nitrogen and oxygen atoms in total. The summed E-state index contributed by atoms with van der Waals surface area (Å²) in [6.45, 7) is 1.97. The zero-order valence-corrected chi connectivity index (χ0v) is 10.4. The van der Waals surface area contributed by atoms with E-state index in [0.29, 0.717) is 25.5 Å². The number of anilines is 1. The van der Waals surface area contributed by atoms with Gasteiger partial charge >= 0.3 is 0 Å². The molecule has 3 heterocycles. The van der Waals surface area contributed by atoms with Crippen LogP contribution in [0.4, 0.5) is 5.82 Å². The van der Waals surface area contributed by atoms with Gasteiger partial charge in [0.2, 0.25) is 0 Å². The average molecular weight is 257 g/mol. The minimum absolute atomic E-state index is 0.0927. The van der Waals surface area contributed by atoms with Gasteiger partial charge in [-0.05, 0) is 0 Å². The number of nitrogens with two attached hydrogens (primary N) is 1. The van der Waals surface area contributed by atoms with E-state index in [9.17, 15) is 5.11 Å². The zero-order valence-electron chi connectivity index (χ0n) is 10.4. The summed E-state index contributed by atoms with van der Waals surface area (Å²) in [5.74, 6) is 2.98. The maximum atomic E-state index is 9.81. The molecule has 2 aromatic rings. The van der Waals surface area contributed by atoms with Gasteiger partial charge < -0.3 is 15.8 Å². The zero-order chi connectivity index (χ0) is 13.4. The number of aromatic amines is 1. The molecule has 1 saturated heterocycles. The Bertz CT molecular complexity index is 644. The first kappa shape index (κ1) is 12.0. The van der Waals surface area contributed by atoms with Crippen LogP contribution in [0.3, 0.4) is 0 Å². The molecule has 0 aromatic carbocycles. The van der Waals surface area contributed by atoms with Gasteiger partial charge in [-0.25, -0.2) is 9.97 Å². The molecule has 98 valence electrons. The van der Waals surface area contributed by atoms with Gasteiger partial charge in [-0.2, -0.15) is 0 Å². The molecule has 2 atom stereocenters. The van der Waals surface area contributed by atoms with Gasteiger partial charge in [0.1, 0.15) is 11.8 Å². The first-order valence-electron chi connectivity index (χ1n) is 6.12. The Hall–Kier alpha value is -2.10. The molecule has 2 aromatic heterocycles. The Kier molecular flexibility index (Phi) is 2.85. The summed E-state index contributed by atoms with van der Waals surface area (Å²) in [4.78, 5) is 13.4. The van der Waals surface area contributed by atoms with Crippen molar-refractivity contribution >= 4 is 16.9 Å². The fourth-order valence-corrected chi connectivity index (χ4v) is 2.53. The Labute approximate surface area is 110 Å². The van der Waals surface area contributed by atoms with Crippen LogP contribution in [-0.4, -0.2) is 44.2 Å². The second kappa shape index (κ2) is 4.53. The van der Waals surface area contributed by atoms with Gasteiger partial charge in [0.05, 0.1) is 17.5 Å². The molecule has 0 spiro atoms. The van der Waals surface area contributed by atoms with Crippen molar-refractivity contribution in [3.63, 3.8) is 0 Å². The average Bonchev–Trinajstić information content (AvgIpc) is 2.95. The number of likely N-dealkylation sites (tertiary alicyclic amines) is 1. The quantitative estimate of drug-likeness (QED) is 0.657. The molecule has 0 bridgehead atoms. The molecule has 0 saturated carbocycles. The molecule has 0 radical (unpaired) electrons. The van der Waals surface area contributed by atoms with Crippen LogP contribution in [0.1, 0.15) is 5.56 Å². The lowest BCUT2D eigenvalue weighted by Gasteiger charge is -2.13. The summed E-state index contributed by atoms with van der Waals surface area (Å²) in [6, 6.07) is 0. The van der Waals surface area contributed by atoms with Crippen molar-refractivity contribution in [3.8, 4) is 12.3 Å². The van der Waals surface area contributed by atoms with Crippen LogP contribution >= 0.6 is 0 Å². The van der Waals surface area contributed by atoms with E-state index in [0.717, 1.165) is 16.6 Å². The largest absolute Gasteiger partial charge is 0.390 e. The third-order valence-corrected chi connectivity index (χ3v) is 3.54. The van der Waals surface area contributed by atoms with Gasteiger partial charge in [-0.1, -0.05) is 5.92 Å². The number of nitrogens with one attached hydrogen (secondary N) is 1. The lowest BCUT2D eigenvalue weighted by atomic mass is 10.1. The summed E-state index contributed by atoms with van der Waals surface area (Å²) in [5, 5.41) is 9.81. The van der Waals surface area contributed by atoms with E-state index >= 15 is 0 Å². The number of aliphatic hydroxyl groups is 1. The van der Waals surface area contributed by atoms with Crippen LogP contribution in [0.2, 0.25) is 0 Å². The maximum Gasteiger partial charge on any atom is 0.151 e. The first-order chi connectivity index (χ1) is 9.19. The molecular formula is C13H15N5O. The minimum Gasteiger partial charge on any atom is -0.390 e. The Morgan fingerprint density at radius 3 is 3.11 bits per heavy atom. The standard InChI is InChI=1S/C13H15N5O/c1-2-8-4-18(6-10(8)19)5-9-3-15-12-11(9)16-7-17-13(12)14/h1,3,7-8,10,15,19H,4-6H2,(H2,14,16,17)/t8-,10?/m0/s1. The molecular weight excluding hydrogens is 242 g/mol. The Morgan fingerprint density at radius 1 is 1.53 bits per heavy atom. The predicted octanol–water partition coefficient (Wildman–Crippen LogP) is -0.0340. The first-order valence-corrected chi connectivity index (χ1v) is 6.12. The van der Waals surface area contributed by atoms with E-state index in [2.05, 4.69) is 25.8 Å². The van der Waals surface area contributed by atoms with E-state index in [-0.39, 0.29) is 5.92 Å². The number of rotatable bonds is 2. The van der Waals surface area contributed by atoms with E-state index in [1.165, 1.54) is 6.33 Å². The number of aromatic nitrogens is 3. The highest BCUT2D eigenvalue weighted by Crippen LogP contribution is 2.23. The Morgan fingerprint density at radius 2 is 2.37 bits per heavy atom. The van der Waals surface area contributed by atoms with Crippen LogP contribution in [-0.2, 0) is 6.54 Å². The smallest absolute Gasteiger partial charge is 0.151 e. The maximum absolute atomic E-state index is 9.81. The molecule has 6 heteroatoms. The molecule has 1 aliphatic heterocycles. The number of aliphatic hydroxyl groups excluding tert-OH is 1. The number of terminal acetylenes is 1. The molecule has 1 unspecified atom stereocenters. The van der Waals surface area contributed by atoms with Gasteiger partial charge in [-0.3, -0.25) is 4.90 Å². The number of fused-ring (bicyclic) bond motifs is 1. The van der Waals surface area contributed by atoms with Gasteiger partial charge in [0.15, 0.2) is 5.82 Å². The highest BCUT2D eigenvalue weighted by atomic mass is 16.3. The van der Waals surface area contributed by atoms with Crippen LogP contribution < -0.4 is 5.73 Å². The van der Waals surface area contributed by atoms with E-state index in [1.54, 1.807) is 0 Å². The number of hydrogen-bond donors (Lipinski definition) is 3. The molecule has 3 rings (SSSR count). The third-order valence-electron chi connectivity index (χ3n) is 3.54. The molecule has 1 aliphatic rings. The van der Waals surface area contributed by atoms with Gasteiger partial charge in [0, 0.05) is 31.4 Å². The topological polar surface area (TPSA) is 91.1 Å². The molecule has 0 amide bonds. The third kappa shape index (κ3) is 2.03. The van der Waals surface area contributed by atoms with Gasteiger partial charge in [0.25, 0.3) is 0 Å². The van der Waals surface area contributed by atoms with E-state index in [4.69, 9.17) is 12.2 Å². The molecule has 19 heavy (non-hydrogen) atoms. The number of nitrogen functional groups attached to an aromatic ring is 1. The van der Waals surface area contributed by atoms with Crippen molar-refractivity contribution in [2.24, 2.45) is 5.92 Å². The van der Waals surface area contributed by atoms with Crippen molar-refractivity contribution in [2.45, 2.75) is 12.6 Å². The summed E-state index contributed by atoms with van der Waals surface area (Å²) in [5.41, 5.74) is 8.40. The van der Waals surface area contributed by atoms with Crippen LogP contribution in [0.25, 0.3) is 11.0 Å². The highest BCUT2D eigenvalue weighted by Gasteiger charge is 2.30. The van der Waals surface area contributed by atoms with Crippen molar-refractivity contribution in [1.82, 2.24) is 19.9 Å². The lowest BCUT2D eigenvalue weighted by molar-refractivity contribution is 0.158. The number of nitrogens with zero attached hydrogens (tertiary/aromatic N) is 3. The second-order valence-corrected chi connectivity index (χ2v) is 4.83. The summed E-state index contributed by atoms with van der Waals surface area (Å²) in [6.07, 6.45) is 8.28. The van der Waals surface area contributed by atoms with Gasteiger partial charge in [-0.15, -0.1) is 6.42 Å². The van der Waals surface area contributed by atoms with Crippen LogP contribution in [0.15, 0.2) is 12.5 Å². The summed E-state index contributed by atoms with van der Waals surface area (Å²) in [7, 11) is 0. The molecule has 1 fully saturated rings. The van der Waals surface area contributed by atoms with Crippen molar-refractivity contribution in [1.29, 1.82) is 0 Å². The van der Waals surface area contributed by atoms with Crippen molar-refractivity contribution in [2.75, 3.05) is 18.8 Å². The van der Waals surface area contributed by atoms with E-state index < -0.39 is 6.10 Å². The number of β-amino-alcohol motifs (C(OH)–C–C–N with tert-alkyl or cyclic N) is 1. The molecule has 4 N–H and O–H groups in total. The van der Waals surface area contributed by atoms with Crippen molar-refractivity contribution < 1.29 is 5.11 Å². The highest BCUT2D eigenvalue weighted by molar-refractivity contribution is 5.86. The van der Waals surface area contributed by atoms with Crippen LogP contribution in [0.5, 0.6) is 0 Å². The Balaban J connectivity index is 1.84. The monoisotopic (exact) mass is 257 g/mol. The molecule has 0 aliphatic carbocycles. The van der Waals surface area contributed by atoms with Crippen LogP contribution in [0, 0.1) is 18.3 Å². The summed E-state index contributed by atoms with van der Waals surface area (Å²) < 4.78 is 0. The second-order valence-electron chi connectivity index (χ2n) is 4.83. The number of H-pyrrole nitrogens is 1. The minimum atomic E-state index is -0.449.